The first kappa shape index (κ1) is 17.0. The number of ether oxygens (including phenoxy) is 1. The van der Waals surface area contributed by atoms with Gasteiger partial charge in [-0.1, -0.05) is 11.6 Å². The summed E-state index contributed by atoms with van der Waals surface area (Å²) in [5.74, 6) is -0.407. The lowest BCUT2D eigenvalue weighted by molar-refractivity contribution is -0.114. The van der Waals surface area contributed by atoms with Crippen molar-refractivity contribution in [3.63, 3.8) is 0 Å². The van der Waals surface area contributed by atoms with Crippen molar-refractivity contribution < 1.29 is 14.3 Å². The quantitative estimate of drug-likeness (QED) is 0.667. The summed E-state index contributed by atoms with van der Waals surface area (Å²) in [6, 6.07) is 14.1. The number of carbonyl (C=O) groups is 2. The maximum absolute atomic E-state index is 12.5. The summed E-state index contributed by atoms with van der Waals surface area (Å²) in [6.07, 6.45) is 2.38. The molecule has 6 heteroatoms. The van der Waals surface area contributed by atoms with Gasteiger partial charge in [0.25, 0.3) is 5.91 Å². The van der Waals surface area contributed by atoms with Crippen LogP contribution in [0.3, 0.4) is 0 Å². The molecule has 0 unspecified atom stereocenters. The first-order valence-corrected chi connectivity index (χ1v) is 8.17. The molecule has 1 saturated heterocycles. The molecule has 0 bridgehead atoms. The van der Waals surface area contributed by atoms with Crippen molar-refractivity contribution in [2.45, 2.75) is 6.42 Å². The van der Waals surface area contributed by atoms with Crippen LogP contribution in [0.4, 0.5) is 11.4 Å². The third-order valence-corrected chi connectivity index (χ3v) is 4.23. The van der Waals surface area contributed by atoms with Crippen LogP contribution in [0.5, 0.6) is 0 Å². The molecule has 2 aromatic carbocycles. The molecule has 1 heterocycles. The molecule has 0 spiro atoms. The molecule has 0 radical (unpaired) electrons. The molecule has 3 rings (SSSR count). The van der Waals surface area contributed by atoms with Crippen molar-refractivity contribution in [1.82, 2.24) is 0 Å². The van der Waals surface area contributed by atoms with E-state index in [0.29, 0.717) is 29.1 Å². The number of rotatable bonds is 4. The number of carbonyl (C=O) groups excluding carboxylic acids is 2. The Hall–Kier alpha value is -2.79. The molecule has 2 aromatic rings. The van der Waals surface area contributed by atoms with Crippen molar-refractivity contribution >= 4 is 34.9 Å². The Bertz CT molecular complexity index is 814. The summed E-state index contributed by atoms with van der Waals surface area (Å²) in [6.45, 7) is 0.634. The minimum Gasteiger partial charge on any atom is -0.465 e. The number of esters is 1. The van der Waals surface area contributed by atoms with Crippen molar-refractivity contribution in [2.75, 3.05) is 23.9 Å². The van der Waals surface area contributed by atoms with Gasteiger partial charge in [0.2, 0.25) is 0 Å². The van der Waals surface area contributed by atoms with Crippen LogP contribution in [0, 0.1) is 0 Å². The SMILES string of the molecule is COC(=O)c1ccc(N/C=C2/CCN(c3ccc(Cl)cc3)C2=O)cc1. The Morgan fingerprint density at radius 3 is 2.48 bits per heavy atom. The predicted molar refractivity (Wildman–Crippen MR) is 97.9 cm³/mol. The van der Waals surface area contributed by atoms with Crippen molar-refractivity contribution in [3.05, 3.63) is 70.9 Å². The molecule has 0 aromatic heterocycles. The van der Waals surface area contributed by atoms with E-state index in [4.69, 9.17) is 11.6 Å². The molecular formula is C19H17ClN2O3. The highest BCUT2D eigenvalue weighted by atomic mass is 35.5. The Kier molecular flexibility index (Phi) is 5.05. The van der Waals surface area contributed by atoms with Crippen molar-refractivity contribution in [3.8, 4) is 0 Å². The molecule has 1 aliphatic rings. The second-order valence-corrected chi connectivity index (χ2v) is 6.00. The summed E-state index contributed by atoms with van der Waals surface area (Å²) < 4.78 is 4.66. The van der Waals surface area contributed by atoms with Crippen molar-refractivity contribution in [2.24, 2.45) is 0 Å². The fourth-order valence-electron chi connectivity index (χ4n) is 2.61. The Morgan fingerprint density at radius 2 is 1.84 bits per heavy atom. The molecule has 128 valence electrons. The summed E-state index contributed by atoms with van der Waals surface area (Å²) >= 11 is 5.89. The molecule has 0 atom stereocenters. The standard InChI is InChI=1S/C19H17ClN2O3/c1-25-19(24)13-2-6-16(7-3-13)21-12-14-10-11-22(18(14)23)17-8-4-15(20)5-9-17/h2-9,12,21H,10-11H2,1H3/b14-12-. The largest absolute Gasteiger partial charge is 0.465 e. The number of nitrogens with one attached hydrogen (secondary N) is 1. The maximum Gasteiger partial charge on any atom is 0.337 e. The zero-order chi connectivity index (χ0) is 17.8. The number of hydrogen-bond acceptors (Lipinski definition) is 4. The number of halogens is 1. The van der Waals surface area contributed by atoms with Gasteiger partial charge in [-0.2, -0.15) is 0 Å². The Morgan fingerprint density at radius 1 is 1.16 bits per heavy atom. The van der Waals surface area contributed by atoms with Crippen LogP contribution in [-0.4, -0.2) is 25.5 Å². The molecule has 1 N–H and O–H groups in total. The third-order valence-electron chi connectivity index (χ3n) is 3.98. The summed E-state index contributed by atoms with van der Waals surface area (Å²) in [4.78, 5) is 25.7. The summed E-state index contributed by atoms with van der Waals surface area (Å²) in [7, 11) is 1.34. The Labute approximate surface area is 150 Å². The van der Waals surface area contributed by atoms with Gasteiger partial charge in [-0.15, -0.1) is 0 Å². The van der Waals surface area contributed by atoms with E-state index in [2.05, 4.69) is 10.1 Å². The molecule has 1 amide bonds. The highest BCUT2D eigenvalue weighted by molar-refractivity contribution is 6.30. The smallest absolute Gasteiger partial charge is 0.337 e. The first-order valence-electron chi connectivity index (χ1n) is 7.80. The van der Waals surface area contributed by atoms with E-state index in [1.165, 1.54) is 7.11 Å². The van der Waals surface area contributed by atoms with Gasteiger partial charge < -0.3 is 15.0 Å². The van der Waals surface area contributed by atoms with E-state index in [9.17, 15) is 9.59 Å². The fourth-order valence-corrected chi connectivity index (χ4v) is 2.73. The molecular weight excluding hydrogens is 340 g/mol. The maximum atomic E-state index is 12.5. The van der Waals surface area contributed by atoms with Crippen LogP contribution in [0.1, 0.15) is 16.8 Å². The summed E-state index contributed by atoms with van der Waals surface area (Å²) in [5, 5.41) is 3.74. The van der Waals surface area contributed by atoms with Gasteiger partial charge in [0.15, 0.2) is 0 Å². The van der Waals surface area contributed by atoms with E-state index < -0.39 is 0 Å². The van der Waals surface area contributed by atoms with Gasteiger partial charge in [0.1, 0.15) is 0 Å². The Balaban J connectivity index is 1.67. The van der Waals surface area contributed by atoms with Crippen LogP contribution in [0.2, 0.25) is 5.02 Å². The second-order valence-electron chi connectivity index (χ2n) is 5.57. The molecule has 1 aliphatic heterocycles. The van der Waals surface area contributed by atoms with Gasteiger partial charge in [-0.3, -0.25) is 4.79 Å². The highest BCUT2D eigenvalue weighted by Crippen LogP contribution is 2.26. The molecule has 5 nitrogen and oxygen atoms in total. The van der Waals surface area contributed by atoms with E-state index in [0.717, 1.165) is 11.4 Å². The summed E-state index contributed by atoms with van der Waals surface area (Å²) in [5.41, 5.74) is 2.80. The zero-order valence-corrected chi connectivity index (χ0v) is 14.4. The van der Waals surface area contributed by atoms with Crippen molar-refractivity contribution in [1.29, 1.82) is 0 Å². The van der Waals surface area contributed by atoms with Gasteiger partial charge in [-0.05, 0) is 55.0 Å². The van der Waals surface area contributed by atoms with Crippen LogP contribution in [-0.2, 0) is 9.53 Å². The lowest BCUT2D eigenvalue weighted by Gasteiger charge is -2.15. The highest BCUT2D eigenvalue weighted by Gasteiger charge is 2.26. The van der Waals surface area contributed by atoms with Crippen LogP contribution in [0.25, 0.3) is 0 Å². The average molecular weight is 357 g/mol. The minimum absolute atomic E-state index is 0.0268. The zero-order valence-electron chi connectivity index (χ0n) is 13.7. The van der Waals surface area contributed by atoms with Gasteiger partial charge in [-0.25, -0.2) is 4.79 Å². The topological polar surface area (TPSA) is 58.6 Å². The lowest BCUT2D eigenvalue weighted by atomic mass is 10.2. The first-order chi connectivity index (χ1) is 12.1. The van der Waals surface area contributed by atoms with E-state index in [1.54, 1.807) is 47.5 Å². The third kappa shape index (κ3) is 3.83. The molecule has 0 aliphatic carbocycles. The van der Waals surface area contributed by atoms with E-state index in [-0.39, 0.29) is 11.9 Å². The normalized spacial score (nSPS) is 15.5. The number of nitrogens with zero attached hydrogens (tertiary/aromatic N) is 1. The van der Waals surface area contributed by atoms with Gasteiger partial charge >= 0.3 is 5.97 Å². The van der Waals surface area contributed by atoms with E-state index in [1.807, 2.05) is 12.1 Å². The average Bonchev–Trinajstić information content (AvgIpc) is 3.01. The number of methoxy groups -OCH3 is 1. The number of benzene rings is 2. The lowest BCUT2D eigenvalue weighted by Crippen LogP contribution is -2.24. The number of hydrogen-bond donors (Lipinski definition) is 1. The van der Waals surface area contributed by atoms with Gasteiger partial charge in [0.05, 0.1) is 12.7 Å². The number of amides is 1. The number of anilines is 2. The predicted octanol–water partition coefficient (Wildman–Crippen LogP) is 3.86. The van der Waals surface area contributed by atoms with Crippen LogP contribution >= 0.6 is 11.6 Å². The molecule has 1 fully saturated rings. The fraction of sp³-hybridized carbons (Fsp3) is 0.158. The van der Waals surface area contributed by atoms with Gasteiger partial charge in [0, 0.05) is 34.7 Å². The molecule has 25 heavy (non-hydrogen) atoms. The second kappa shape index (κ2) is 7.40. The van der Waals surface area contributed by atoms with Crippen LogP contribution < -0.4 is 10.2 Å². The molecule has 0 saturated carbocycles. The van der Waals surface area contributed by atoms with Crippen LogP contribution in [0.15, 0.2) is 60.3 Å². The van der Waals surface area contributed by atoms with E-state index >= 15 is 0 Å². The minimum atomic E-state index is -0.380. The monoisotopic (exact) mass is 356 g/mol.